The molecule has 0 atom stereocenters. The first-order valence-corrected chi connectivity index (χ1v) is 7.88. The summed E-state index contributed by atoms with van der Waals surface area (Å²) in [6.07, 6.45) is 0. The van der Waals surface area contributed by atoms with E-state index < -0.39 is 0 Å². The molecule has 0 radical (unpaired) electrons. The van der Waals surface area contributed by atoms with Gasteiger partial charge >= 0.3 is 0 Å². The summed E-state index contributed by atoms with van der Waals surface area (Å²) >= 11 is 10.9. The van der Waals surface area contributed by atoms with Crippen molar-refractivity contribution in [2.45, 2.75) is 6.54 Å². The molecule has 0 saturated heterocycles. The molecule has 2 aromatic rings. The molecule has 20 heavy (non-hydrogen) atoms. The molecular weight excluding hydrogens is 362 g/mol. The zero-order valence-corrected chi connectivity index (χ0v) is 14.1. The van der Waals surface area contributed by atoms with Crippen molar-refractivity contribution in [3.63, 3.8) is 0 Å². The normalized spacial score (nSPS) is 10.4. The van der Waals surface area contributed by atoms with E-state index in [1.165, 1.54) is 0 Å². The number of carbonyl (C=O) groups excluding carboxylic acids is 1. The van der Waals surface area contributed by atoms with Gasteiger partial charge in [0.1, 0.15) is 11.0 Å². The van der Waals surface area contributed by atoms with Crippen molar-refractivity contribution in [1.82, 2.24) is 9.88 Å². The molecule has 1 N–H and O–H groups in total. The van der Waals surface area contributed by atoms with Crippen LogP contribution in [-0.4, -0.2) is 29.9 Å². The molecule has 106 valence electrons. The Morgan fingerprint density at radius 3 is 2.85 bits per heavy atom. The number of halogens is 2. The van der Waals surface area contributed by atoms with Gasteiger partial charge in [0.2, 0.25) is 0 Å². The summed E-state index contributed by atoms with van der Waals surface area (Å²) in [5.41, 5.74) is 0.521. The van der Waals surface area contributed by atoms with E-state index in [0.717, 1.165) is 9.35 Å². The highest BCUT2D eigenvalue weighted by atomic mass is 79.9. The van der Waals surface area contributed by atoms with Gasteiger partial charge in [-0.05, 0) is 34.1 Å². The number of hydrogen-bond acceptors (Lipinski definition) is 4. The highest BCUT2D eigenvalue weighted by Crippen LogP contribution is 2.22. The van der Waals surface area contributed by atoms with Gasteiger partial charge < -0.3 is 10.2 Å². The molecule has 1 amide bonds. The van der Waals surface area contributed by atoms with Crippen LogP contribution in [0.25, 0.3) is 0 Å². The number of amides is 1. The lowest BCUT2D eigenvalue weighted by atomic mass is 10.2. The van der Waals surface area contributed by atoms with E-state index in [-0.39, 0.29) is 5.91 Å². The van der Waals surface area contributed by atoms with Crippen LogP contribution < -0.4 is 5.32 Å². The third kappa shape index (κ3) is 3.71. The predicted molar refractivity (Wildman–Crippen MR) is 86.6 cm³/mol. The summed E-state index contributed by atoms with van der Waals surface area (Å²) in [6, 6.07) is 5.27. The van der Waals surface area contributed by atoms with Crippen molar-refractivity contribution in [1.29, 1.82) is 0 Å². The number of nitrogens with one attached hydrogen (secondary N) is 1. The minimum atomic E-state index is -0.0877. The van der Waals surface area contributed by atoms with Crippen molar-refractivity contribution in [2.24, 2.45) is 0 Å². The molecule has 2 heterocycles. The van der Waals surface area contributed by atoms with E-state index in [4.69, 9.17) is 11.6 Å². The van der Waals surface area contributed by atoms with Gasteiger partial charge in [-0.15, -0.1) is 11.3 Å². The molecule has 0 aliphatic carbocycles. The Hall–Kier alpha value is -1.11. The molecule has 0 aliphatic heterocycles. The fraction of sp³-hybridized carbons (Fsp3) is 0.231. The van der Waals surface area contributed by atoms with E-state index in [1.54, 1.807) is 42.5 Å². The summed E-state index contributed by atoms with van der Waals surface area (Å²) in [5, 5.41) is 5.18. The van der Waals surface area contributed by atoms with Gasteiger partial charge in [0.25, 0.3) is 5.91 Å². The SMILES string of the molecule is CNc1cc(C(=O)N(C)Cc2cc(Br)cs2)cc(Cl)n1. The summed E-state index contributed by atoms with van der Waals surface area (Å²) in [6.45, 7) is 0.559. The van der Waals surface area contributed by atoms with E-state index in [0.29, 0.717) is 23.1 Å². The van der Waals surface area contributed by atoms with Crippen molar-refractivity contribution in [3.8, 4) is 0 Å². The summed E-state index contributed by atoms with van der Waals surface area (Å²) in [4.78, 5) is 19.2. The second-order valence-electron chi connectivity index (χ2n) is 4.21. The minimum Gasteiger partial charge on any atom is -0.373 e. The average Bonchev–Trinajstić information content (AvgIpc) is 2.82. The molecule has 7 heteroatoms. The molecular formula is C13H13BrClN3OS. The van der Waals surface area contributed by atoms with E-state index in [2.05, 4.69) is 26.2 Å². The maximum Gasteiger partial charge on any atom is 0.254 e. The lowest BCUT2D eigenvalue weighted by molar-refractivity contribution is 0.0786. The Bertz CT molecular complexity index is 632. The van der Waals surface area contributed by atoms with Crippen LogP contribution in [0.3, 0.4) is 0 Å². The zero-order valence-electron chi connectivity index (χ0n) is 11.0. The molecule has 0 bridgehead atoms. The van der Waals surface area contributed by atoms with Crippen molar-refractivity contribution >= 4 is 50.6 Å². The van der Waals surface area contributed by atoms with Gasteiger partial charge in [-0.1, -0.05) is 11.6 Å². The van der Waals surface area contributed by atoms with E-state index in [1.807, 2.05) is 11.4 Å². The number of rotatable bonds is 4. The first-order valence-electron chi connectivity index (χ1n) is 5.83. The number of pyridine rings is 1. The van der Waals surface area contributed by atoms with E-state index >= 15 is 0 Å². The number of nitrogens with zero attached hydrogens (tertiary/aromatic N) is 2. The largest absolute Gasteiger partial charge is 0.373 e. The standard InChI is InChI=1S/C13H13BrClN3OS/c1-16-12-4-8(3-11(15)17-12)13(19)18(2)6-10-5-9(14)7-20-10/h3-5,7H,6H2,1-2H3,(H,16,17). The number of thiophene rings is 1. The molecule has 2 aromatic heterocycles. The Kier molecular flexibility index (Phi) is 5.01. The number of carbonyl (C=O) groups is 1. The van der Waals surface area contributed by atoms with Gasteiger partial charge in [-0.2, -0.15) is 0 Å². The zero-order chi connectivity index (χ0) is 14.7. The monoisotopic (exact) mass is 373 g/mol. The van der Waals surface area contributed by atoms with Crippen molar-refractivity contribution in [3.05, 3.63) is 43.6 Å². The van der Waals surface area contributed by atoms with Crippen molar-refractivity contribution < 1.29 is 4.79 Å². The van der Waals surface area contributed by atoms with E-state index in [9.17, 15) is 4.79 Å². The summed E-state index contributed by atoms with van der Waals surface area (Å²) in [7, 11) is 3.50. The van der Waals surface area contributed by atoms with Crippen LogP contribution in [0.15, 0.2) is 28.1 Å². The summed E-state index contributed by atoms with van der Waals surface area (Å²) in [5.74, 6) is 0.489. The fourth-order valence-electron chi connectivity index (χ4n) is 1.71. The summed E-state index contributed by atoms with van der Waals surface area (Å²) < 4.78 is 1.03. The molecule has 0 aliphatic rings. The van der Waals surface area contributed by atoms with Crippen LogP contribution in [-0.2, 0) is 6.54 Å². The van der Waals surface area contributed by atoms with Gasteiger partial charge in [0.15, 0.2) is 0 Å². The average molecular weight is 375 g/mol. The smallest absolute Gasteiger partial charge is 0.254 e. The third-order valence-electron chi connectivity index (χ3n) is 2.66. The van der Waals surface area contributed by atoms with Crippen LogP contribution in [0, 0.1) is 0 Å². The first-order chi connectivity index (χ1) is 9.49. The molecule has 4 nitrogen and oxygen atoms in total. The molecule has 0 aromatic carbocycles. The van der Waals surface area contributed by atoms with Gasteiger partial charge in [-0.25, -0.2) is 4.98 Å². The van der Waals surface area contributed by atoms with Gasteiger partial charge in [0.05, 0.1) is 6.54 Å². The maximum atomic E-state index is 12.4. The van der Waals surface area contributed by atoms with Crippen LogP contribution in [0.1, 0.15) is 15.2 Å². The van der Waals surface area contributed by atoms with Crippen LogP contribution in [0.5, 0.6) is 0 Å². The molecule has 0 fully saturated rings. The van der Waals surface area contributed by atoms with Crippen LogP contribution >= 0.6 is 38.9 Å². The highest BCUT2D eigenvalue weighted by Gasteiger charge is 2.15. The predicted octanol–water partition coefficient (Wildman–Crippen LogP) is 3.87. The Balaban J connectivity index is 2.15. The van der Waals surface area contributed by atoms with Crippen LogP contribution in [0.2, 0.25) is 5.15 Å². The number of aromatic nitrogens is 1. The maximum absolute atomic E-state index is 12.4. The highest BCUT2D eigenvalue weighted by molar-refractivity contribution is 9.10. The van der Waals surface area contributed by atoms with Gasteiger partial charge in [0, 0.05) is 34.4 Å². The molecule has 2 rings (SSSR count). The second kappa shape index (κ2) is 6.56. The first kappa shape index (κ1) is 15.3. The number of hydrogen-bond donors (Lipinski definition) is 1. The molecule has 0 unspecified atom stereocenters. The quantitative estimate of drug-likeness (QED) is 0.826. The third-order valence-corrected chi connectivity index (χ3v) is 4.53. The Morgan fingerprint density at radius 2 is 2.25 bits per heavy atom. The Labute approximate surface area is 134 Å². The van der Waals surface area contributed by atoms with Gasteiger partial charge in [-0.3, -0.25) is 4.79 Å². The topological polar surface area (TPSA) is 45.2 Å². The van der Waals surface area contributed by atoms with Crippen molar-refractivity contribution in [2.75, 3.05) is 19.4 Å². The Morgan fingerprint density at radius 1 is 1.50 bits per heavy atom. The lowest BCUT2D eigenvalue weighted by Gasteiger charge is -2.16. The van der Waals surface area contributed by atoms with Crippen LogP contribution in [0.4, 0.5) is 5.82 Å². The fourth-order valence-corrected chi connectivity index (χ4v) is 3.42. The molecule has 0 saturated carbocycles. The second-order valence-corrected chi connectivity index (χ2v) is 6.50. The molecule has 0 spiro atoms. The lowest BCUT2D eigenvalue weighted by Crippen LogP contribution is -2.26. The minimum absolute atomic E-state index is 0.0877. The number of anilines is 1.